The van der Waals surface area contributed by atoms with Crippen LogP contribution in [0.3, 0.4) is 0 Å². The van der Waals surface area contributed by atoms with Gasteiger partial charge in [-0.2, -0.15) is 0 Å². The topological polar surface area (TPSA) is 20.2 Å². The Morgan fingerprint density at radius 1 is 1.24 bits per heavy atom. The number of benzene rings is 1. The average Bonchev–Trinajstić information content (AvgIpc) is 2.28. The Hall–Kier alpha value is -0.950. The lowest BCUT2D eigenvalue weighted by molar-refractivity contribution is 0.218. The molecule has 0 bridgehead atoms. The second-order valence-electron chi connectivity index (χ2n) is 5.58. The first-order valence-corrected chi connectivity index (χ1v) is 6.47. The number of halogens is 1. The summed E-state index contributed by atoms with van der Waals surface area (Å²) in [6, 6.07) is 7.74. The van der Waals surface area contributed by atoms with E-state index in [1.165, 1.54) is 0 Å². The molecule has 1 N–H and O–H groups in total. The van der Waals surface area contributed by atoms with Gasteiger partial charge in [-0.25, -0.2) is 0 Å². The first kappa shape index (κ1) is 12.5. The van der Waals surface area contributed by atoms with E-state index in [2.05, 4.69) is 20.8 Å². The van der Waals surface area contributed by atoms with E-state index in [4.69, 9.17) is 11.6 Å². The molecule has 1 nitrogen and oxygen atoms in total. The Labute approximate surface area is 108 Å². The third kappa shape index (κ3) is 2.35. The molecule has 1 aliphatic carbocycles. The molecule has 0 fully saturated rings. The second kappa shape index (κ2) is 4.38. The van der Waals surface area contributed by atoms with Gasteiger partial charge in [0.2, 0.25) is 0 Å². The van der Waals surface area contributed by atoms with Gasteiger partial charge in [-0.1, -0.05) is 44.5 Å². The van der Waals surface area contributed by atoms with E-state index < -0.39 is 0 Å². The van der Waals surface area contributed by atoms with Gasteiger partial charge in [0, 0.05) is 17.0 Å². The van der Waals surface area contributed by atoms with E-state index in [9.17, 15) is 5.11 Å². The minimum Gasteiger partial charge on any atom is -0.512 e. The highest BCUT2D eigenvalue weighted by Crippen LogP contribution is 2.46. The molecule has 0 aliphatic heterocycles. The monoisotopic (exact) mass is 250 g/mol. The first-order valence-electron chi connectivity index (χ1n) is 6.10. The van der Waals surface area contributed by atoms with Crippen molar-refractivity contribution in [3.8, 4) is 0 Å². The zero-order valence-electron chi connectivity index (χ0n) is 10.6. The van der Waals surface area contributed by atoms with Crippen LogP contribution in [0.5, 0.6) is 0 Å². The summed E-state index contributed by atoms with van der Waals surface area (Å²) in [4.78, 5) is 0. The summed E-state index contributed by atoms with van der Waals surface area (Å²) in [5.41, 5.74) is 2.41. The maximum Gasteiger partial charge on any atom is 0.0963 e. The van der Waals surface area contributed by atoms with Crippen molar-refractivity contribution in [3.63, 3.8) is 0 Å². The summed E-state index contributed by atoms with van der Waals surface area (Å²) in [6.45, 7) is 6.72. The maximum atomic E-state index is 10.1. The molecule has 0 saturated heterocycles. The number of allylic oxidation sites excluding steroid dienone is 2. The quantitative estimate of drug-likeness (QED) is 0.738. The van der Waals surface area contributed by atoms with Crippen LogP contribution < -0.4 is 0 Å². The lowest BCUT2D eigenvalue weighted by Crippen LogP contribution is -2.27. The number of hydrogen-bond acceptors (Lipinski definition) is 1. The number of aliphatic hydroxyl groups is 1. The summed E-state index contributed by atoms with van der Waals surface area (Å²) >= 11 is 5.90. The van der Waals surface area contributed by atoms with Crippen LogP contribution >= 0.6 is 11.6 Å². The van der Waals surface area contributed by atoms with Crippen molar-refractivity contribution in [1.29, 1.82) is 0 Å². The normalized spacial score (nSPS) is 23.9. The Kier molecular flexibility index (Phi) is 3.22. The number of aliphatic hydroxyl groups excluding tert-OH is 1. The van der Waals surface area contributed by atoms with Crippen molar-refractivity contribution in [2.24, 2.45) is 11.3 Å². The third-order valence-corrected chi connectivity index (χ3v) is 4.33. The molecule has 0 radical (unpaired) electrons. The molecule has 0 spiro atoms. The highest BCUT2D eigenvalue weighted by atomic mass is 35.5. The Morgan fingerprint density at radius 2 is 1.82 bits per heavy atom. The van der Waals surface area contributed by atoms with Gasteiger partial charge >= 0.3 is 0 Å². The van der Waals surface area contributed by atoms with Crippen molar-refractivity contribution >= 4 is 17.2 Å². The lowest BCUT2D eigenvalue weighted by Gasteiger charge is -2.38. The van der Waals surface area contributed by atoms with Gasteiger partial charge in [0.1, 0.15) is 0 Å². The average molecular weight is 251 g/mol. The van der Waals surface area contributed by atoms with Crippen LogP contribution in [0.15, 0.2) is 30.0 Å². The van der Waals surface area contributed by atoms with Crippen molar-refractivity contribution in [1.82, 2.24) is 0 Å². The molecule has 1 aromatic rings. The van der Waals surface area contributed by atoms with Crippen molar-refractivity contribution in [2.75, 3.05) is 0 Å². The third-order valence-electron chi connectivity index (χ3n) is 4.08. The van der Waals surface area contributed by atoms with E-state index in [0.29, 0.717) is 11.7 Å². The smallest absolute Gasteiger partial charge is 0.0963 e. The van der Waals surface area contributed by atoms with E-state index in [-0.39, 0.29) is 5.41 Å². The van der Waals surface area contributed by atoms with Crippen LogP contribution in [-0.4, -0.2) is 5.11 Å². The van der Waals surface area contributed by atoms with E-state index in [0.717, 1.165) is 29.0 Å². The summed E-state index contributed by atoms with van der Waals surface area (Å²) in [5.74, 6) is 0.900. The molecule has 1 aliphatic rings. The van der Waals surface area contributed by atoms with Crippen LogP contribution in [0.25, 0.3) is 5.57 Å². The van der Waals surface area contributed by atoms with Crippen LogP contribution in [0.2, 0.25) is 5.02 Å². The lowest BCUT2D eigenvalue weighted by atomic mass is 9.67. The van der Waals surface area contributed by atoms with E-state index in [1.807, 2.05) is 24.3 Å². The molecule has 0 aromatic heterocycles. The van der Waals surface area contributed by atoms with E-state index >= 15 is 0 Å². The van der Waals surface area contributed by atoms with Gasteiger partial charge in [-0.3, -0.25) is 0 Å². The standard InChI is InChI=1S/C15H19ClO/c1-10-14(11-4-6-12(16)7-5-11)13(17)8-9-15(10,2)3/h4-7,10,17H,8-9H2,1-3H3. The minimum atomic E-state index is 0.237. The van der Waals surface area contributed by atoms with E-state index in [1.54, 1.807) is 0 Å². The fourth-order valence-corrected chi connectivity index (χ4v) is 2.60. The molecule has 0 amide bonds. The van der Waals surface area contributed by atoms with Gasteiger partial charge in [-0.05, 0) is 35.4 Å². The van der Waals surface area contributed by atoms with Crippen molar-refractivity contribution in [2.45, 2.75) is 33.6 Å². The summed E-state index contributed by atoms with van der Waals surface area (Å²) in [5, 5.41) is 10.9. The van der Waals surface area contributed by atoms with Crippen LogP contribution in [0, 0.1) is 11.3 Å². The number of rotatable bonds is 1. The fraction of sp³-hybridized carbons (Fsp3) is 0.467. The minimum absolute atomic E-state index is 0.237. The highest BCUT2D eigenvalue weighted by molar-refractivity contribution is 6.30. The molecule has 0 heterocycles. The maximum absolute atomic E-state index is 10.1. The molecule has 2 rings (SSSR count). The van der Waals surface area contributed by atoms with Gasteiger partial charge in [0.25, 0.3) is 0 Å². The van der Waals surface area contributed by atoms with Gasteiger partial charge in [-0.15, -0.1) is 0 Å². The Balaban J connectivity index is 2.45. The molecule has 0 saturated carbocycles. The molecule has 2 heteroatoms. The molecule has 17 heavy (non-hydrogen) atoms. The Morgan fingerprint density at radius 3 is 2.41 bits per heavy atom. The molecular formula is C15H19ClO. The first-order chi connectivity index (χ1) is 7.92. The molecule has 1 aromatic carbocycles. The molecule has 1 atom stereocenters. The fourth-order valence-electron chi connectivity index (χ4n) is 2.48. The zero-order chi connectivity index (χ0) is 12.6. The van der Waals surface area contributed by atoms with Crippen molar-refractivity contribution < 1.29 is 5.11 Å². The van der Waals surface area contributed by atoms with Gasteiger partial charge in [0.15, 0.2) is 0 Å². The summed E-state index contributed by atoms with van der Waals surface area (Å²) < 4.78 is 0. The predicted molar refractivity (Wildman–Crippen MR) is 73.2 cm³/mol. The van der Waals surface area contributed by atoms with Crippen LogP contribution in [0.4, 0.5) is 0 Å². The van der Waals surface area contributed by atoms with Crippen LogP contribution in [-0.2, 0) is 0 Å². The predicted octanol–water partition coefficient (Wildman–Crippen LogP) is 5.07. The highest BCUT2D eigenvalue weighted by Gasteiger charge is 2.35. The second-order valence-corrected chi connectivity index (χ2v) is 6.01. The summed E-state index contributed by atoms with van der Waals surface area (Å²) in [6.07, 6.45) is 1.81. The zero-order valence-corrected chi connectivity index (χ0v) is 11.4. The molecule has 1 unspecified atom stereocenters. The summed E-state index contributed by atoms with van der Waals surface area (Å²) in [7, 11) is 0. The van der Waals surface area contributed by atoms with Crippen molar-refractivity contribution in [3.05, 3.63) is 40.6 Å². The SMILES string of the molecule is CC1C(c2ccc(Cl)cc2)=C(O)CCC1(C)C. The largest absolute Gasteiger partial charge is 0.512 e. The molecule has 92 valence electrons. The van der Waals surface area contributed by atoms with Gasteiger partial charge in [0.05, 0.1) is 5.76 Å². The van der Waals surface area contributed by atoms with Crippen LogP contribution in [0.1, 0.15) is 39.2 Å². The van der Waals surface area contributed by atoms with Gasteiger partial charge < -0.3 is 5.11 Å². The Bertz CT molecular complexity index is 442. The molecular weight excluding hydrogens is 232 g/mol. The number of hydrogen-bond donors (Lipinski definition) is 1.